The van der Waals surface area contributed by atoms with Crippen molar-refractivity contribution in [3.63, 3.8) is 0 Å². The van der Waals surface area contributed by atoms with Gasteiger partial charge in [0.2, 0.25) is 10.0 Å². The Morgan fingerprint density at radius 1 is 1.04 bits per heavy atom. The molecule has 0 amide bonds. The van der Waals surface area contributed by atoms with Crippen LogP contribution in [-0.4, -0.2) is 14.2 Å². The third-order valence-corrected chi connectivity index (χ3v) is 4.86. The number of nitrogens with one attached hydrogen (secondary N) is 1. The van der Waals surface area contributed by atoms with E-state index in [0.717, 1.165) is 12.1 Å². The minimum absolute atomic E-state index is 0.0447. The van der Waals surface area contributed by atoms with Crippen molar-refractivity contribution in [2.75, 3.05) is 10.5 Å². The highest BCUT2D eigenvalue weighted by atomic mass is 32.2. The average Bonchev–Trinajstić information content (AvgIpc) is 2.50. The molecule has 0 atom stereocenters. The minimum atomic E-state index is -3.41. The molecule has 0 radical (unpaired) electrons. The van der Waals surface area contributed by atoms with E-state index in [1.165, 1.54) is 6.07 Å². The number of sulfonamides is 1. The number of halogens is 2. The van der Waals surface area contributed by atoms with E-state index in [2.05, 4.69) is 4.72 Å². The lowest BCUT2D eigenvalue weighted by atomic mass is 9.86. The summed E-state index contributed by atoms with van der Waals surface area (Å²) in [5.41, 5.74) is 0.700. The second-order valence-corrected chi connectivity index (χ2v) is 8.65. The lowest BCUT2D eigenvalue weighted by Crippen LogP contribution is -2.17. The molecule has 7 heteroatoms. The lowest BCUT2D eigenvalue weighted by molar-refractivity contribution is 0.422. The molecule has 0 bridgehead atoms. The molecule has 0 fully saturated rings. The second kappa shape index (κ2) is 7.00. The maximum Gasteiger partial charge on any atom is 0.232 e. The fraction of sp³-hybridized carbons (Fsp3) is 0.333. The highest BCUT2D eigenvalue weighted by Crippen LogP contribution is 2.37. The molecule has 2 rings (SSSR count). The Balaban J connectivity index is 2.44. The highest BCUT2D eigenvalue weighted by molar-refractivity contribution is 7.92. The monoisotopic (exact) mass is 369 g/mol. The van der Waals surface area contributed by atoms with Crippen LogP contribution in [0.5, 0.6) is 11.5 Å². The number of rotatable bonds is 5. The van der Waals surface area contributed by atoms with Gasteiger partial charge in [-0.15, -0.1) is 0 Å². The van der Waals surface area contributed by atoms with E-state index in [9.17, 15) is 17.2 Å². The van der Waals surface area contributed by atoms with Crippen molar-refractivity contribution >= 4 is 15.7 Å². The third-order valence-electron chi connectivity index (χ3n) is 3.55. The molecule has 0 unspecified atom stereocenters. The normalized spacial score (nSPS) is 12.1. The molecule has 2 aromatic rings. The van der Waals surface area contributed by atoms with Gasteiger partial charge in [0.15, 0.2) is 11.6 Å². The number of hydrogen-bond acceptors (Lipinski definition) is 3. The van der Waals surface area contributed by atoms with Crippen molar-refractivity contribution < 1.29 is 21.9 Å². The van der Waals surface area contributed by atoms with Gasteiger partial charge in [0, 0.05) is 17.3 Å². The second-order valence-electron chi connectivity index (χ2n) is 6.64. The highest BCUT2D eigenvalue weighted by Gasteiger charge is 2.22. The van der Waals surface area contributed by atoms with Crippen LogP contribution in [0.1, 0.15) is 33.3 Å². The summed E-state index contributed by atoms with van der Waals surface area (Å²) in [5, 5.41) is 0. The Bertz CT molecular complexity index is 874. The summed E-state index contributed by atoms with van der Waals surface area (Å²) in [6.07, 6.45) is 0. The average molecular weight is 369 g/mol. The maximum atomic E-state index is 13.9. The van der Waals surface area contributed by atoms with E-state index in [4.69, 9.17) is 4.74 Å². The van der Waals surface area contributed by atoms with E-state index in [1.54, 1.807) is 25.1 Å². The van der Waals surface area contributed by atoms with Crippen molar-refractivity contribution in [1.29, 1.82) is 0 Å². The van der Waals surface area contributed by atoms with Crippen LogP contribution in [0.15, 0.2) is 36.4 Å². The zero-order valence-electron chi connectivity index (χ0n) is 14.6. The first-order chi connectivity index (χ1) is 11.5. The fourth-order valence-electron chi connectivity index (χ4n) is 2.20. The standard InChI is InChI=1S/C18H21F2NO3S/c1-5-25(22,23)21-13-7-9-16(14(11-13)18(2,3)4)24-17-8-6-12(19)10-15(17)20/h6-11,21H,5H2,1-4H3. The van der Waals surface area contributed by atoms with Crippen LogP contribution in [-0.2, 0) is 15.4 Å². The molecule has 4 nitrogen and oxygen atoms in total. The minimum Gasteiger partial charge on any atom is -0.454 e. The Hall–Kier alpha value is -2.15. The van der Waals surface area contributed by atoms with Gasteiger partial charge >= 0.3 is 0 Å². The zero-order chi connectivity index (χ0) is 18.8. The summed E-state index contributed by atoms with van der Waals surface area (Å²) in [6.45, 7) is 7.32. The largest absolute Gasteiger partial charge is 0.454 e. The predicted octanol–water partition coefficient (Wildman–Crippen LogP) is 4.82. The molecule has 0 spiro atoms. The number of hydrogen-bond donors (Lipinski definition) is 1. The molecule has 0 aliphatic carbocycles. The first-order valence-electron chi connectivity index (χ1n) is 7.80. The Morgan fingerprint density at radius 3 is 2.24 bits per heavy atom. The summed E-state index contributed by atoms with van der Waals surface area (Å²) >= 11 is 0. The molecular weight excluding hydrogens is 348 g/mol. The number of benzene rings is 2. The van der Waals surface area contributed by atoms with E-state index >= 15 is 0 Å². The molecule has 0 heterocycles. The molecule has 0 aliphatic heterocycles. The third kappa shape index (κ3) is 4.92. The Morgan fingerprint density at radius 2 is 1.68 bits per heavy atom. The van der Waals surface area contributed by atoms with Crippen LogP contribution in [0, 0.1) is 11.6 Å². The molecule has 136 valence electrons. The summed E-state index contributed by atoms with van der Waals surface area (Å²) in [6, 6.07) is 7.83. The van der Waals surface area contributed by atoms with Gasteiger partial charge < -0.3 is 4.74 Å². The molecule has 0 aromatic heterocycles. The van der Waals surface area contributed by atoms with Crippen LogP contribution in [0.4, 0.5) is 14.5 Å². The topological polar surface area (TPSA) is 55.4 Å². The molecule has 0 saturated carbocycles. The number of ether oxygens (including phenoxy) is 1. The molecule has 0 saturated heterocycles. The molecule has 1 N–H and O–H groups in total. The fourth-order valence-corrected chi connectivity index (χ4v) is 2.83. The van der Waals surface area contributed by atoms with Crippen molar-refractivity contribution in [2.24, 2.45) is 0 Å². The van der Waals surface area contributed by atoms with Gasteiger partial charge in [0.1, 0.15) is 11.6 Å². The summed E-state index contributed by atoms with van der Waals surface area (Å²) in [7, 11) is -3.41. The number of anilines is 1. The van der Waals surface area contributed by atoms with Gasteiger partial charge in [-0.05, 0) is 42.7 Å². The first kappa shape index (κ1) is 19.2. The van der Waals surface area contributed by atoms with Crippen LogP contribution >= 0.6 is 0 Å². The molecule has 0 aliphatic rings. The molecule has 25 heavy (non-hydrogen) atoms. The Kier molecular flexibility index (Phi) is 5.37. The van der Waals surface area contributed by atoms with Gasteiger partial charge in [0.05, 0.1) is 5.75 Å². The van der Waals surface area contributed by atoms with Gasteiger partial charge in [-0.1, -0.05) is 20.8 Å². The Labute approximate surface area is 146 Å². The van der Waals surface area contributed by atoms with Crippen molar-refractivity contribution in [3.8, 4) is 11.5 Å². The van der Waals surface area contributed by atoms with Crippen molar-refractivity contribution in [2.45, 2.75) is 33.1 Å². The van der Waals surface area contributed by atoms with Gasteiger partial charge in [-0.25, -0.2) is 17.2 Å². The zero-order valence-corrected chi connectivity index (χ0v) is 15.4. The van der Waals surface area contributed by atoms with Crippen LogP contribution in [0.2, 0.25) is 0 Å². The van der Waals surface area contributed by atoms with Crippen LogP contribution < -0.4 is 9.46 Å². The van der Waals surface area contributed by atoms with E-state index in [-0.39, 0.29) is 16.9 Å². The first-order valence-corrected chi connectivity index (χ1v) is 9.45. The summed E-state index contributed by atoms with van der Waals surface area (Å²) in [4.78, 5) is 0. The van der Waals surface area contributed by atoms with E-state index in [1.807, 2.05) is 20.8 Å². The maximum absolute atomic E-state index is 13.9. The summed E-state index contributed by atoms with van der Waals surface area (Å²) < 4.78 is 58.5. The van der Waals surface area contributed by atoms with Gasteiger partial charge in [-0.2, -0.15) is 0 Å². The molecular formula is C18H21F2NO3S. The SMILES string of the molecule is CCS(=O)(=O)Nc1ccc(Oc2ccc(F)cc2F)c(C(C)(C)C)c1. The van der Waals surface area contributed by atoms with E-state index in [0.29, 0.717) is 17.0 Å². The predicted molar refractivity (Wildman–Crippen MR) is 94.7 cm³/mol. The van der Waals surface area contributed by atoms with E-state index < -0.39 is 21.7 Å². The smallest absolute Gasteiger partial charge is 0.232 e. The van der Waals surface area contributed by atoms with Gasteiger partial charge in [0.25, 0.3) is 0 Å². The quantitative estimate of drug-likeness (QED) is 0.822. The molecule has 2 aromatic carbocycles. The van der Waals surface area contributed by atoms with Crippen molar-refractivity contribution in [3.05, 3.63) is 53.6 Å². The van der Waals surface area contributed by atoms with Crippen molar-refractivity contribution in [1.82, 2.24) is 0 Å². The van der Waals surface area contributed by atoms with Crippen LogP contribution in [0.25, 0.3) is 0 Å². The van der Waals surface area contributed by atoms with Gasteiger partial charge in [-0.3, -0.25) is 4.72 Å². The lowest BCUT2D eigenvalue weighted by Gasteiger charge is -2.24. The summed E-state index contributed by atoms with van der Waals surface area (Å²) in [5.74, 6) is -1.27. The van der Waals surface area contributed by atoms with Crippen LogP contribution in [0.3, 0.4) is 0 Å².